The minimum atomic E-state index is -1.53. The highest BCUT2D eigenvalue weighted by Crippen LogP contribution is 1.94. The smallest absolute Gasteiger partial charge is 0.332 e. The molecule has 0 saturated carbocycles. The van der Waals surface area contributed by atoms with Gasteiger partial charge in [0.2, 0.25) is 0 Å². The number of hydrogen-bond donors (Lipinski definition) is 4. The molecule has 0 bridgehead atoms. The minimum absolute atomic E-state index is 0.0282. The average molecular weight is 254 g/mol. The molecule has 0 saturated heterocycles. The molecule has 0 aliphatic carbocycles. The Labute approximate surface area is 102 Å². The lowest BCUT2D eigenvalue weighted by Gasteiger charge is -2.07. The molecule has 7 nitrogen and oxygen atoms in total. The van der Waals surface area contributed by atoms with Gasteiger partial charge in [-0.05, 0) is 6.92 Å². The number of hydrogen-bond acceptors (Lipinski definition) is 4. The highest BCUT2D eigenvalue weighted by molar-refractivity contribution is 5.93. The van der Waals surface area contributed by atoms with Gasteiger partial charge in [-0.3, -0.25) is 9.59 Å². The summed E-state index contributed by atoms with van der Waals surface area (Å²) in [6.45, 7) is 1.66. The van der Waals surface area contributed by atoms with Gasteiger partial charge in [-0.25, -0.2) is 4.79 Å². The topological polar surface area (TPSA) is 119 Å². The summed E-state index contributed by atoms with van der Waals surface area (Å²) in [5.41, 5.74) is 0.172. The van der Waals surface area contributed by atoms with E-state index < -0.39 is 23.4 Å². The van der Waals surface area contributed by atoms with Crippen LogP contribution in [0.4, 0.5) is 0 Å². The molecule has 0 fully saturated rings. The number of aliphatic carboxylic acids is 1. The van der Waals surface area contributed by atoms with Crippen molar-refractivity contribution in [2.24, 2.45) is 0 Å². The molecule has 0 aromatic carbocycles. The van der Waals surface area contributed by atoms with E-state index in [0.29, 0.717) is 5.69 Å². The van der Waals surface area contributed by atoms with E-state index in [4.69, 9.17) is 10.2 Å². The van der Waals surface area contributed by atoms with Gasteiger partial charge in [-0.2, -0.15) is 0 Å². The van der Waals surface area contributed by atoms with Crippen molar-refractivity contribution >= 4 is 11.9 Å². The lowest BCUT2D eigenvalue weighted by molar-refractivity contribution is -0.146. The fraction of sp³-hybridized carbons (Fsp3) is 0.364. The first-order valence-corrected chi connectivity index (χ1v) is 5.30. The van der Waals surface area contributed by atoms with Gasteiger partial charge >= 0.3 is 5.97 Å². The Hall–Kier alpha value is -2.15. The number of carboxylic acids is 1. The van der Waals surface area contributed by atoms with Crippen LogP contribution in [-0.2, 0) is 4.79 Å². The first-order valence-electron chi connectivity index (χ1n) is 5.30. The minimum Gasteiger partial charge on any atom is -0.479 e. The fourth-order valence-electron chi connectivity index (χ4n) is 1.29. The van der Waals surface area contributed by atoms with E-state index in [2.05, 4.69) is 10.3 Å². The number of aromatic nitrogens is 1. The molecule has 1 aromatic heterocycles. The van der Waals surface area contributed by atoms with Crippen molar-refractivity contribution in [3.63, 3.8) is 0 Å². The van der Waals surface area contributed by atoms with Gasteiger partial charge in [0.1, 0.15) is 5.56 Å². The number of carbonyl (C=O) groups excluding carboxylic acids is 1. The SMILES string of the molecule is Cc1cc(=O)c(C(=O)NCCC(O)C(=O)O)c[nH]1. The van der Waals surface area contributed by atoms with Crippen molar-refractivity contribution in [2.75, 3.05) is 6.54 Å². The Morgan fingerprint density at radius 2 is 2.17 bits per heavy atom. The predicted molar refractivity (Wildman–Crippen MR) is 62.4 cm³/mol. The Bertz CT molecular complexity index is 508. The monoisotopic (exact) mass is 254 g/mol. The molecule has 0 spiro atoms. The van der Waals surface area contributed by atoms with Crippen LogP contribution in [0, 0.1) is 6.92 Å². The van der Waals surface area contributed by atoms with Crippen LogP contribution in [0.15, 0.2) is 17.1 Å². The number of nitrogens with one attached hydrogen (secondary N) is 2. The van der Waals surface area contributed by atoms with Crippen LogP contribution in [0.2, 0.25) is 0 Å². The second kappa shape index (κ2) is 5.97. The van der Waals surface area contributed by atoms with E-state index >= 15 is 0 Å². The lowest BCUT2D eigenvalue weighted by Crippen LogP contribution is -2.32. The normalized spacial score (nSPS) is 11.9. The van der Waals surface area contributed by atoms with Crippen LogP contribution in [0.1, 0.15) is 22.5 Å². The van der Waals surface area contributed by atoms with E-state index in [0.717, 1.165) is 0 Å². The van der Waals surface area contributed by atoms with Crippen molar-refractivity contribution in [3.8, 4) is 0 Å². The summed E-state index contributed by atoms with van der Waals surface area (Å²) in [5, 5.41) is 19.8. The number of rotatable bonds is 5. The molecule has 1 atom stereocenters. The number of amides is 1. The maximum atomic E-state index is 11.6. The van der Waals surface area contributed by atoms with Gasteiger partial charge in [-0.1, -0.05) is 0 Å². The number of carbonyl (C=O) groups is 2. The lowest BCUT2D eigenvalue weighted by atomic mass is 10.2. The summed E-state index contributed by atoms with van der Waals surface area (Å²) < 4.78 is 0. The van der Waals surface area contributed by atoms with Gasteiger partial charge in [0.25, 0.3) is 5.91 Å². The first kappa shape index (κ1) is 13.9. The Morgan fingerprint density at radius 3 is 2.72 bits per heavy atom. The summed E-state index contributed by atoms with van der Waals surface area (Å²) in [5.74, 6) is -1.95. The van der Waals surface area contributed by atoms with E-state index in [-0.39, 0.29) is 18.5 Å². The van der Waals surface area contributed by atoms with Crippen LogP contribution in [0.3, 0.4) is 0 Å². The molecule has 1 aromatic rings. The second-order valence-corrected chi connectivity index (χ2v) is 3.79. The standard InChI is InChI=1S/C11H14N2O5/c1-6-4-9(15)7(5-13-6)10(16)12-3-2-8(14)11(17)18/h4-5,8,14H,2-3H2,1H3,(H,12,16)(H,13,15)(H,17,18). The molecule has 98 valence electrons. The van der Waals surface area contributed by atoms with Crippen molar-refractivity contribution in [1.82, 2.24) is 10.3 Å². The maximum absolute atomic E-state index is 11.6. The number of aromatic amines is 1. The summed E-state index contributed by atoms with van der Waals surface area (Å²) in [7, 11) is 0. The molecule has 1 heterocycles. The van der Waals surface area contributed by atoms with Crippen molar-refractivity contribution < 1.29 is 19.8 Å². The van der Waals surface area contributed by atoms with Crippen molar-refractivity contribution in [2.45, 2.75) is 19.4 Å². The molecular formula is C11H14N2O5. The molecule has 0 aliphatic heterocycles. The predicted octanol–water partition coefficient (Wildman–Crippen LogP) is -0.751. The Kier molecular flexibility index (Phi) is 4.61. The third-order valence-electron chi connectivity index (χ3n) is 2.29. The van der Waals surface area contributed by atoms with Gasteiger partial charge in [0, 0.05) is 30.9 Å². The van der Waals surface area contributed by atoms with Gasteiger partial charge in [0.15, 0.2) is 11.5 Å². The molecule has 4 N–H and O–H groups in total. The zero-order chi connectivity index (χ0) is 13.7. The third-order valence-corrected chi connectivity index (χ3v) is 2.29. The van der Waals surface area contributed by atoms with Crippen molar-refractivity contribution in [1.29, 1.82) is 0 Å². The second-order valence-electron chi connectivity index (χ2n) is 3.79. The number of aryl methyl sites for hydroxylation is 1. The number of aliphatic hydroxyl groups excluding tert-OH is 1. The molecule has 1 unspecified atom stereocenters. The zero-order valence-corrected chi connectivity index (χ0v) is 9.77. The molecule has 1 amide bonds. The molecule has 0 aliphatic rings. The number of H-pyrrole nitrogens is 1. The quantitative estimate of drug-likeness (QED) is 0.551. The van der Waals surface area contributed by atoms with E-state index in [9.17, 15) is 14.4 Å². The summed E-state index contributed by atoms with van der Waals surface area (Å²) >= 11 is 0. The van der Waals surface area contributed by atoms with Gasteiger partial charge in [0.05, 0.1) is 0 Å². The average Bonchev–Trinajstić information content (AvgIpc) is 2.28. The zero-order valence-electron chi connectivity index (χ0n) is 9.77. The van der Waals surface area contributed by atoms with E-state index in [1.54, 1.807) is 6.92 Å². The Balaban J connectivity index is 2.56. The van der Waals surface area contributed by atoms with Crippen LogP contribution in [0.5, 0.6) is 0 Å². The van der Waals surface area contributed by atoms with Crippen LogP contribution < -0.4 is 10.7 Å². The summed E-state index contributed by atoms with van der Waals surface area (Å²) in [4.78, 5) is 36.1. The molecule has 1 rings (SSSR count). The molecule has 0 radical (unpaired) electrons. The molecule has 18 heavy (non-hydrogen) atoms. The van der Waals surface area contributed by atoms with E-state index in [1.165, 1.54) is 12.3 Å². The Morgan fingerprint density at radius 1 is 1.50 bits per heavy atom. The number of pyridine rings is 1. The van der Waals surface area contributed by atoms with Gasteiger partial charge < -0.3 is 20.5 Å². The molecular weight excluding hydrogens is 240 g/mol. The fourth-order valence-corrected chi connectivity index (χ4v) is 1.29. The summed E-state index contributed by atoms with van der Waals surface area (Å²) in [6.07, 6.45) is -0.354. The van der Waals surface area contributed by atoms with E-state index in [1.807, 2.05) is 0 Å². The first-order chi connectivity index (χ1) is 8.41. The van der Waals surface area contributed by atoms with Crippen LogP contribution in [-0.4, -0.2) is 39.7 Å². The van der Waals surface area contributed by atoms with Crippen molar-refractivity contribution in [3.05, 3.63) is 33.7 Å². The van der Waals surface area contributed by atoms with Crippen LogP contribution in [0.25, 0.3) is 0 Å². The number of carboxylic acid groups (broad SMARTS) is 1. The third kappa shape index (κ3) is 3.70. The maximum Gasteiger partial charge on any atom is 0.332 e. The highest BCUT2D eigenvalue weighted by Gasteiger charge is 2.14. The highest BCUT2D eigenvalue weighted by atomic mass is 16.4. The number of aliphatic hydroxyl groups is 1. The summed E-state index contributed by atoms with van der Waals surface area (Å²) in [6, 6.07) is 1.29. The van der Waals surface area contributed by atoms with Gasteiger partial charge in [-0.15, -0.1) is 0 Å². The largest absolute Gasteiger partial charge is 0.479 e. The van der Waals surface area contributed by atoms with Crippen LogP contribution >= 0.6 is 0 Å². The molecule has 7 heteroatoms.